The van der Waals surface area contributed by atoms with E-state index in [2.05, 4.69) is 40.0 Å². The van der Waals surface area contributed by atoms with Gasteiger partial charge in [-0.25, -0.2) is 0 Å². The molecule has 0 fully saturated rings. The maximum atomic E-state index is 11.8. The number of carbonyl (C=O) groups excluding carboxylic acids is 1. The molecule has 2 aromatic rings. The van der Waals surface area contributed by atoms with Crippen molar-refractivity contribution in [3.05, 3.63) is 29.8 Å². The SMILES string of the molecule is CCn1c(SCC(=O)NC(C)C)nnc1-c1ccccc1C. The van der Waals surface area contributed by atoms with Crippen molar-refractivity contribution >= 4 is 17.7 Å². The molecule has 1 N–H and O–H groups in total. The highest BCUT2D eigenvalue weighted by Crippen LogP contribution is 2.26. The van der Waals surface area contributed by atoms with Gasteiger partial charge in [0.25, 0.3) is 0 Å². The first-order valence-electron chi connectivity index (χ1n) is 7.44. The van der Waals surface area contributed by atoms with Gasteiger partial charge in [-0.05, 0) is 33.3 Å². The first kappa shape index (κ1) is 16.5. The lowest BCUT2D eigenvalue weighted by Crippen LogP contribution is -2.31. The molecular formula is C16H22N4OS. The Hall–Kier alpha value is -1.82. The van der Waals surface area contributed by atoms with Gasteiger partial charge in [-0.1, -0.05) is 36.0 Å². The van der Waals surface area contributed by atoms with Gasteiger partial charge in [0.05, 0.1) is 5.75 Å². The highest BCUT2D eigenvalue weighted by molar-refractivity contribution is 7.99. The molecule has 0 unspecified atom stereocenters. The van der Waals surface area contributed by atoms with Crippen LogP contribution in [0.15, 0.2) is 29.4 Å². The molecule has 1 amide bonds. The predicted molar refractivity (Wildman–Crippen MR) is 89.9 cm³/mol. The summed E-state index contributed by atoms with van der Waals surface area (Å²) in [5.74, 6) is 1.22. The van der Waals surface area contributed by atoms with Gasteiger partial charge in [0.1, 0.15) is 0 Å². The minimum atomic E-state index is 0.0168. The van der Waals surface area contributed by atoms with Crippen LogP contribution in [0, 0.1) is 6.92 Å². The van der Waals surface area contributed by atoms with Gasteiger partial charge in [0.2, 0.25) is 5.91 Å². The molecule has 22 heavy (non-hydrogen) atoms. The summed E-state index contributed by atoms with van der Waals surface area (Å²) in [7, 11) is 0. The van der Waals surface area contributed by atoms with Gasteiger partial charge in [-0.3, -0.25) is 4.79 Å². The molecule has 0 aliphatic rings. The first-order valence-corrected chi connectivity index (χ1v) is 8.42. The molecule has 2 rings (SSSR count). The van der Waals surface area contributed by atoms with Crippen LogP contribution in [0.2, 0.25) is 0 Å². The van der Waals surface area contributed by atoms with E-state index in [0.717, 1.165) is 23.1 Å². The fourth-order valence-corrected chi connectivity index (χ4v) is 3.01. The van der Waals surface area contributed by atoms with E-state index in [1.54, 1.807) is 0 Å². The third-order valence-electron chi connectivity index (χ3n) is 3.20. The first-order chi connectivity index (χ1) is 10.5. The van der Waals surface area contributed by atoms with Crippen LogP contribution in [0.25, 0.3) is 11.4 Å². The lowest BCUT2D eigenvalue weighted by Gasteiger charge is -2.10. The molecule has 6 heteroatoms. The monoisotopic (exact) mass is 318 g/mol. The van der Waals surface area contributed by atoms with E-state index < -0.39 is 0 Å². The highest BCUT2D eigenvalue weighted by Gasteiger charge is 2.15. The second-order valence-corrected chi connectivity index (χ2v) is 6.32. The van der Waals surface area contributed by atoms with E-state index in [-0.39, 0.29) is 11.9 Å². The third kappa shape index (κ3) is 3.88. The molecule has 118 valence electrons. The molecule has 0 saturated carbocycles. The molecule has 0 radical (unpaired) electrons. The minimum absolute atomic E-state index is 0.0168. The molecule has 0 aliphatic carbocycles. The second kappa shape index (κ2) is 7.45. The van der Waals surface area contributed by atoms with Crippen molar-refractivity contribution in [1.29, 1.82) is 0 Å². The Balaban J connectivity index is 2.18. The van der Waals surface area contributed by atoms with Gasteiger partial charge < -0.3 is 9.88 Å². The Kier molecular flexibility index (Phi) is 5.60. The molecule has 0 atom stereocenters. The minimum Gasteiger partial charge on any atom is -0.353 e. The number of aryl methyl sites for hydroxylation is 1. The molecule has 1 heterocycles. The topological polar surface area (TPSA) is 59.8 Å². The van der Waals surface area contributed by atoms with Crippen LogP contribution in [0.4, 0.5) is 0 Å². The summed E-state index contributed by atoms with van der Waals surface area (Å²) >= 11 is 1.42. The van der Waals surface area contributed by atoms with Crippen LogP contribution >= 0.6 is 11.8 Å². The Morgan fingerprint density at radius 2 is 2.05 bits per heavy atom. The standard InChI is InChI=1S/C16H22N4OS/c1-5-20-15(13-9-7-6-8-12(13)4)18-19-16(20)22-10-14(21)17-11(2)3/h6-9,11H,5,10H2,1-4H3,(H,17,21). The maximum Gasteiger partial charge on any atom is 0.230 e. The van der Waals surface area contributed by atoms with Crippen molar-refractivity contribution in [2.45, 2.75) is 45.4 Å². The molecule has 0 spiro atoms. The molecular weight excluding hydrogens is 296 g/mol. The number of hydrogen-bond acceptors (Lipinski definition) is 4. The van der Waals surface area contributed by atoms with E-state index >= 15 is 0 Å². The summed E-state index contributed by atoms with van der Waals surface area (Å²) < 4.78 is 2.05. The molecule has 0 bridgehead atoms. The maximum absolute atomic E-state index is 11.8. The number of carbonyl (C=O) groups is 1. The number of benzene rings is 1. The van der Waals surface area contributed by atoms with Crippen LogP contribution in [0.5, 0.6) is 0 Å². The van der Waals surface area contributed by atoms with Crippen LogP contribution in [0.3, 0.4) is 0 Å². The van der Waals surface area contributed by atoms with Crippen LogP contribution < -0.4 is 5.32 Å². The normalized spacial score (nSPS) is 11.0. The van der Waals surface area contributed by atoms with Crippen molar-refractivity contribution in [2.75, 3.05) is 5.75 Å². The molecule has 0 saturated heterocycles. The molecule has 0 aliphatic heterocycles. The molecule has 1 aromatic heterocycles. The Morgan fingerprint density at radius 3 is 2.68 bits per heavy atom. The average molecular weight is 318 g/mol. The number of amides is 1. The van der Waals surface area contributed by atoms with Gasteiger partial charge in [-0.15, -0.1) is 10.2 Å². The number of aromatic nitrogens is 3. The quantitative estimate of drug-likeness (QED) is 0.832. The van der Waals surface area contributed by atoms with E-state index in [0.29, 0.717) is 5.75 Å². The lowest BCUT2D eigenvalue weighted by molar-refractivity contribution is -0.119. The molecule has 1 aromatic carbocycles. The van der Waals surface area contributed by atoms with Crippen molar-refractivity contribution in [2.24, 2.45) is 0 Å². The third-order valence-corrected chi connectivity index (χ3v) is 4.17. The number of nitrogens with one attached hydrogen (secondary N) is 1. The van der Waals surface area contributed by atoms with E-state index in [1.807, 2.05) is 32.0 Å². The van der Waals surface area contributed by atoms with Crippen LogP contribution in [-0.4, -0.2) is 32.5 Å². The van der Waals surface area contributed by atoms with Gasteiger partial charge in [-0.2, -0.15) is 0 Å². The summed E-state index contributed by atoms with van der Waals surface area (Å²) in [4.78, 5) is 11.8. The highest BCUT2D eigenvalue weighted by atomic mass is 32.2. The van der Waals surface area contributed by atoms with E-state index in [4.69, 9.17) is 0 Å². The zero-order chi connectivity index (χ0) is 16.1. The van der Waals surface area contributed by atoms with Crippen molar-refractivity contribution in [3.63, 3.8) is 0 Å². The summed E-state index contributed by atoms with van der Waals surface area (Å²) in [5.41, 5.74) is 2.24. The van der Waals surface area contributed by atoms with Crippen LogP contribution in [-0.2, 0) is 11.3 Å². The van der Waals surface area contributed by atoms with Gasteiger partial charge in [0.15, 0.2) is 11.0 Å². The van der Waals surface area contributed by atoms with Gasteiger partial charge >= 0.3 is 0 Å². The summed E-state index contributed by atoms with van der Waals surface area (Å²) in [6.45, 7) is 8.79. The number of rotatable bonds is 6. The van der Waals surface area contributed by atoms with Gasteiger partial charge in [0, 0.05) is 18.2 Å². The summed E-state index contributed by atoms with van der Waals surface area (Å²) in [6, 6.07) is 8.27. The zero-order valence-corrected chi connectivity index (χ0v) is 14.3. The predicted octanol–water partition coefficient (Wildman–Crippen LogP) is 2.89. The largest absolute Gasteiger partial charge is 0.353 e. The Bertz CT molecular complexity index is 651. The summed E-state index contributed by atoms with van der Waals surface area (Å²) in [6.07, 6.45) is 0. The Morgan fingerprint density at radius 1 is 1.32 bits per heavy atom. The van der Waals surface area contributed by atoms with Crippen molar-refractivity contribution < 1.29 is 4.79 Å². The number of nitrogens with zero attached hydrogens (tertiary/aromatic N) is 3. The van der Waals surface area contributed by atoms with E-state index in [9.17, 15) is 4.79 Å². The fourth-order valence-electron chi connectivity index (χ4n) is 2.20. The van der Waals surface area contributed by atoms with Crippen molar-refractivity contribution in [3.8, 4) is 11.4 Å². The number of thioether (sulfide) groups is 1. The summed E-state index contributed by atoms with van der Waals surface area (Å²) in [5, 5.41) is 12.2. The van der Waals surface area contributed by atoms with E-state index in [1.165, 1.54) is 17.3 Å². The fraction of sp³-hybridized carbons (Fsp3) is 0.438. The average Bonchev–Trinajstić information content (AvgIpc) is 2.87. The smallest absolute Gasteiger partial charge is 0.230 e. The lowest BCUT2D eigenvalue weighted by atomic mass is 10.1. The van der Waals surface area contributed by atoms with Crippen LogP contribution in [0.1, 0.15) is 26.3 Å². The zero-order valence-electron chi connectivity index (χ0n) is 13.5. The number of hydrogen-bond donors (Lipinski definition) is 1. The Labute approximate surface area is 135 Å². The van der Waals surface area contributed by atoms with Crippen molar-refractivity contribution in [1.82, 2.24) is 20.1 Å². The second-order valence-electron chi connectivity index (χ2n) is 5.38. The molecule has 5 nitrogen and oxygen atoms in total.